The highest BCUT2D eigenvalue weighted by Crippen LogP contribution is 2.21. The second kappa shape index (κ2) is 8.62. The predicted molar refractivity (Wildman–Crippen MR) is 97.6 cm³/mol. The van der Waals surface area contributed by atoms with Gasteiger partial charge in [0.2, 0.25) is 0 Å². The van der Waals surface area contributed by atoms with E-state index in [1.54, 1.807) is 13.3 Å². The summed E-state index contributed by atoms with van der Waals surface area (Å²) in [5, 5.41) is 3.42. The van der Waals surface area contributed by atoms with E-state index in [1.807, 2.05) is 47.4 Å². The van der Waals surface area contributed by atoms with Crippen molar-refractivity contribution in [1.29, 1.82) is 0 Å². The third kappa shape index (κ3) is 4.57. The Balaban J connectivity index is 1.87. The van der Waals surface area contributed by atoms with Crippen LogP contribution in [0.25, 0.3) is 0 Å². The summed E-state index contributed by atoms with van der Waals surface area (Å²) < 4.78 is 5.28. The highest BCUT2D eigenvalue weighted by atomic mass is 16.5. The van der Waals surface area contributed by atoms with Crippen LogP contribution in [0.1, 0.15) is 35.3 Å². The number of hydrogen-bond acceptors (Lipinski definition) is 4. The first-order valence-corrected chi connectivity index (χ1v) is 8.83. The van der Waals surface area contributed by atoms with Crippen LogP contribution in [0.15, 0.2) is 48.7 Å². The topological polar surface area (TPSA) is 54.5 Å². The summed E-state index contributed by atoms with van der Waals surface area (Å²) in [4.78, 5) is 19.6. The predicted octanol–water partition coefficient (Wildman–Crippen LogP) is 2.87. The van der Waals surface area contributed by atoms with E-state index in [9.17, 15) is 4.79 Å². The standard InChI is InChI=1S/C20H25N3O2/c1-25-19-9-4-6-16(14-19)20(24)23(15-17-7-2-3-12-22-17)18-8-5-11-21-13-10-18/h2-4,6-7,9,12,14,18,21H,5,8,10-11,13,15H2,1H3. The van der Waals surface area contributed by atoms with Crippen molar-refractivity contribution in [1.82, 2.24) is 15.2 Å². The smallest absolute Gasteiger partial charge is 0.254 e. The Kier molecular flexibility index (Phi) is 6.01. The van der Waals surface area contributed by atoms with Gasteiger partial charge in [0.15, 0.2) is 0 Å². The van der Waals surface area contributed by atoms with E-state index < -0.39 is 0 Å². The van der Waals surface area contributed by atoms with Crippen LogP contribution in [0.4, 0.5) is 0 Å². The first-order chi connectivity index (χ1) is 12.3. The average molecular weight is 339 g/mol. The Hall–Kier alpha value is -2.40. The van der Waals surface area contributed by atoms with Crippen LogP contribution in [0.5, 0.6) is 5.75 Å². The lowest BCUT2D eigenvalue weighted by molar-refractivity contribution is 0.0642. The number of carbonyl (C=O) groups excluding carboxylic acids is 1. The summed E-state index contributed by atoms with van der Waals surface area (Å²) in [5.74, 6) is 0.739. The molecule has 1 aliphatic rings. The molecule has 132 valence electrons. The molecule has 0 spiro atoms. The van der Waals surface area contributed by atoms with Crippen molar-refractivity contribution in [3.05, 3.63) is 59.9 Å². The molecule has 2 heterocycles. The highest BCUT2D eigenvalue weighted by molar-refractivity contribution is 5.94. The summed E-state index contributed by atoms with van der Waals surface area (Å²) in [6.07, 6.45) is 4.82. The fraction of sp³-hybridized carbons (Fsp3) is 0.400. The molecule has 1 N–H and O–H groups in total. The van der Waals surface area contributed by atoms with Crippen molar-refractivity contribution in [2.45, 2.75) is 31.8 Å². The van der Waals surface area contributed by atoms with E-state index in [0.29, 0.717) is 17.9 Å². The molecule has 1 aliphatic heterocycles. The SMILES string of the molecule is COc1cccc(C(=O)N(Cc2ccccn2)C2CCCNCC2)c1. The zero-order valence-electron chi connectivity index (χ0n) is 14.6. The van der Waals surface area contributed by atoms with Crippen LogP contribution in [0, 0.1) is 0 Å². The summed E-state index contributed by atoms with van der Waals surface area (Å²) in [6.45, 7) is 2.48. The zero-order chi connectivity index (χ0) is 17.5. The third-order valence-corrected chi connectivity index (χ3v) is 4.62. The average Bonchev–Trinajstić information content (AvgIpc) is 2.96. The third-order valence-electron chi connectivity index (χ3n) is 4.62. The molecule has 25 heavy (non-hydrogen) atoms. The number of nitrogens with one attached hydrogen (secondary N) is 1. The van der Waals surface area contributed by atoms with Gasteiger partial charge in [-0.05, 0) is 62.7 Å². The molecular formula is C20H25N3O2. The minimum absolute atomic E-state index is 0.0384. The lowest BCUT2D eigenvalue weighted by atomic mass is 10.0. The van der Waals surface area contributed by atoms with E-state index in [2.05, 4.69) is 10.3 Å². The lowest BCUT2D eigenvalue weighted by Gasteiger charge is -2.31. The molecule has 5 nitrogen and oxygen atoms in total. The molecule has 0 bridgehead atoms. The molecule has 0 radical (unpaired) electrons. The Morgan fingerprint density at radius 2 is 2.16 bits per heavy atom. The van der Waals surface area contributed by atoms with E-state index >= 15 is 0 Å². The number of ether oxygens (including phenoxy) is 1. The van der Waals surface area contributed by atoms with Crippen molar-refractivity contribution >= 4 is 5.91 Å². The Bertz CT molecular complexity index is 682. The molecule has 5 heteroatoms. The van der Waals surface area contributed by atoms with Crippen molar-refractivity contribution in [2.24, 2.45) is 0 Å². The largest absolute Gasteiger partial charge is 0.497 e. The van der Waals surface area contributed by atoms with Gasteiger partial charge >= 0.3 is 0 Å². The number of carbonyl (C=O) groups is 1. The van der Waals surface area contributed by atoms with Gasteiger partial charge in [0.25, 0.3) is 5.91 Å². The van der Waals surface area contributed by atoms with Crippen LogP contribution < -0.4 is 10.1 Å². The number of rotatable bonds is 5. The fourth-order valence-electron chi connectivity index (χ4n) is 3.27. The fourth-order valence-corrected chi connectivity index (χ4v) is 3.27. The Morgan fingerprint density at radius 3 is 2.96 bits per heavy atom. The molecule has 0 saturated carbocycles. The van der Waals surface area contributed by atoms with Gasteiger partial charge in [0, 0.05) is 17.8 Å². The van der Waals surface area contributed by atoms with E-state index in [-0.39, 0.29) is 11.9 Å². The second-order valence-corrected chi connectivity index (χ2v) is 6.32. The van der Waals surface area contributed by atoms with Crippen molar-refractivity contribution < 1.29 is 9.53 Å². The van der Waals surface area contributed by atoms with Crippen LogP contribution >= 0.6 is 0 Å². The van der Waals surface area contributed by atoms with E-state index in [1.165, 1.54) is 0 Å². The van der Waals surface area contributed by atoms with Crippen LogP contribution in [-0.2, 0) is 6.54 Å². The van der Waals surface area contributed by atoms with E-state index in [4.69, 9.17) is 4.74 Å². The molecule has 1 amide bonds. The number of methoxy groups -OCH3 is 1. The van der Waals surface area contributed by atoms with Gasteiger partial charge in [0.05, 0.1) is 19.3 Å². The monoisotopic (exact) mass is 339 g/mol. The van der Waals surface area contributed by atoms with Crippen molar-refractivity contribution in [2.75, 3.05) is 20.2 Å². The molecule has 1 aromatic carbocycles. The molecule has 0 aliphatic carbocycles. The minimum Gasteiger partial charge on any atom is -0.497 e. The van der Waals surface area contributed by atoms with Gasteiger partial charge < -0.3 is 15.0 Å². The highest BCUT2D eigenvalue weighted by Gasteiger charge is 2.26. The maximum Gasteiger partial charge on any atom is 0.254 e. The van der Waals surface area contributed by atoms with Gasteiger partial charge in [-0.3, -0.25) is 9.78 Å². The van der Waals surface area contributed by atoms with Crippen molar-refractivity contribution in [3.63, 3.8) is 0 Å². The maximum atomic E-state index is 13.3. The Morgan fingerprint density at radius 1 is 1.24 bits per heavy atom. The second-order valence-electron chi connectivity index (χ2n) is 6.32. The van der Waals surface area contributed by atoms with E-state index in [0.717, 1.165) is 38.0 Å². The summed E-state index contributed by atoms with van der Waals surface area (Å²) in [6, 6.07) is 13.4. The van der Waals surface area contributed by atoms with Crippen LogP contribution in [-0.4, -0.2) is 42.0 Å². The number of pyridine rings is 1. The lowest BCUT2D eigenvalue weighted by Crippen LogP contribution is -2.40. The Labute approximate surface area is 149 Å². The first kappa shape index (κ1) is 17.4. The summed E-state index contributed by atoms with van der Waals surface area (Å²) in [7, 11) is 1.62. The maximum absolute atomic E-state index is 13.3. The number of benzene rings is 1. The van der Waals surface area contributed by atoms with Crippen LogP contribution in [0.2, 0.25) is 0 Å². The molecule has 1 aromatic heterocycles. The number of nitrogens with zero attached hydrogens (tertiary/aromatic N) is 2. The molecule has 1 unspecified atom stereocenters. The quantitative estimate of drug-likeness (QED) is 0.910. The molecule has 2 aromatic rings. The number of hydrogen-bond donors (Lipinski definition) is 1. The summed E-state index contributed by atoms with van der Waals surface area (Å²) >= 11 is 0. The van der Waals surface area contributed by atoms with Gasteiger partial charge in [0.1, 0.15) is 5.75 Å². The minimum atomic E-state index is 0.0384. The molecule has 1 fully saturated rings. The molecule has 1 saturated heterocycles. The normalized spacial score (nSPS) is 17.6. The van der Waals surface area contributed by atoms with Gasteiger partial charge in [-0.15, -0.1) is 0 Å². The molecule has 3 rings (SSSR count). The van der Waals surface area contributed by atoms with Gasteiger partial charge in [-0.1, -0.05) is 12.1 Å². The zero-order valence-corrected chi connectivity index (χ0v) is 14.6. The van der Waals surface area contributed by atoms with Gasteiger partial charge in [-0.25, -0.2) is 0 Å². The van der Waals surface area contributed by atoms with Crippen molar-refractivity contribution in [3.8, 4) is 5.75 Å². The molecule has 1 atom stereocenters. The number of amides is 1. The summed E-state index contributed by atoms with van der Waals surface area (Å²) in [5.41, 5.74) is 1.57. The number of aromatic nitrogens is 1. The first-order valence-electron chi connectivity index (χ1n) is 8.83. The van der Waals surface area contributed by atoms with Crippen LogP contribution in [0.3, 0.4) is 0 Å². The molecular weight excluding hydrogens is 314 g/mol. The van der Waals surface area contributed by atoms with Gasteiger partial charge in [-0.2, -0.15) is 0 Å².